The summed E-state index contributed by atoms with van der Waals surface area (Å²) in [5.74, 6) is 0.167. The van der Waals surface area contributed by atoms with Crippen LogP contribution in [0.1, 0.15) is 23.0 Å². The summed E-state index contributed by atoms with van der Waals surface area (Å²) >= 11 is 7.10. The molecule has 0 aliphatic rings. The zero-order valence-electron chi connectivity index (χ0n) is 11.1. The fourth-order valence-electron chi connectivity index (χ4n) is 1.48. The quantitative estimate of drug-likeness (QED) is 0.791. The molecule has 2 aromatic rings. The molecule has 2 aromatic heterocycles. The number of carbonyl (C=O) groups excluding carboxylic acids is 1. The van der Waals surface area contributed by atoms with Gasteiger partial charge in [0.25, 0.3) is 0 Å². The highest BCUT2D eigenvalue weighted by molar-refractivity contribution is 7.17. The molecule has 0 aromatic carbocycles. The van der Waals surface area contributed by atoms with E-state index in [1.807, 2.05) is 13.0 Å². The lowest BCUT2D eigenvalue weighted by molar-refractivity contribution is 0.0606. The van der Waals surface area contributed by atoms with Gasteiger partial charge in [0.15, 0.2) is 10.0 Å². The normalized spacial score (nSPS) is 10.3. The van der Waals surface area contributed by atoms with Crippen molar-refractivity contribution in [2.75, 3.05) is 13.7 Å². The van der Waals surface area contributed by atoms with Crippen molar-refractivity contribution in [1.82, 2.24) is 9.97 Å². The van der Waals surface area contributed by atoms with Crippen molar-refractivity contribution in [3.8, 4) is 16.3 Å². The zero-order valence-corrected chi connectivity index (χ0v) is 12.6. The number of pyridine rings is 1. The van der Waals surface area contributed by atoms with Crippen LogP contribution in [0, 0.1) is 0 Å². The Morgan fingerprint density at radius 1 is 1.45 bits per heavy atom. The van der Waals surface area contributed by atoms with Gasteiger partial charge in [-0.1, -0.05) is 18.5 Å². The molecule has 0 saturated carbocycles. The third kappa shape index (κ3) is 3.26. The summed E-state index contributed by atoms with van der Waals surface area (Å²) in [7, 11) is 1.30. The van der Waals surface area contributed by atoms with E-state index in [9.17, 15) is 4.79 Å². The van der Waals surface area contributed by atoms with Crippen molar-refractivity contribution in [1.29, 1.82) is 0 Å². The first-order chi connectivity index (χ1) is 9.65. The Labute approximate surface area is 125 Å². The van der Waals surface area contributed by atoms with Gasteiger partial charge in [0, 0.05) is 11.8 Å². The van der Waals surface area contributed by atoms with Gasteiger partial charge in [-0.3, -0.25) is 4.98 Å². The van der Waals surface area contributed by atoms with E-state index in [1.54, 1.807) is 12.4 Å². The van der Waals surface area contributed by atoms with Crippen LogP contribution in [-0.2, 0) is 4.74 Å². The molecule has 0 spiro atoms. The second-order valence-electron chi connectivity index (χ2n) is 3.89. The van der Waals surface area contributed by atoms with E-state index in [0.29, 0.717) is 17.4 Å². The number of nitrogens with zero attached hydrogens (tertiary/aromatic N) is 2. The highest BCUT2D eigenvalue weighted by Crippen LogP contribution is 2.32. The van der Waals surface area contributed by atoms with Crippen molar-refractivity contribution in [3.63, 3.8) is 0 Å². The molecule has 0 fully saturated rings. The molecule has 0 amide bonds. The van der Waals surface area contributed by atoms with E-state index < -0.39 is 5.97 Å². The highest BCUT2D eigenvalue weighted by atomic mass is 35.5. The van der Waals surface area contributed by atoms with Crippen molar-refractivity contribution in [3.05, 3.63) is 28.5 Å². The lowest BCUT2D eigenvalue weighted by Crippen LogP contribution is -1.98. The summed E-state index contributed by atoms with van der Waals surface area (Å²) in [6, 6.07) is 1.82. The van der Waals surface area contributed by atoms with Crippen LogP contribution in [0.3, 0.4) is 0 Å². The van der Waals surface area contributed by atoms with Gasteiger partial charge in [-0.25, -0.2) is 9.78 Å². The summed E-state index contributed by atoms with van der Waals surface area (Å²) in [5, 5.41) is 0.738. The van der Waals surface area contributed by atoms with Gasteiger partial charge >= 0.3 is 5.97 Å². The van der Waals surface area contributed by atoms with Crippen molar-refractivity contribution < 1.29 is 14.3 Å². The van der Waals surface area contributed by atoms with E-state index in [-0.39, 0.29) is 10.0 Å². The number of hydrogen-bond donors (Lipinski definition) is 0. The predicted molar refractivity (Wildman–Crippen MR) is 77.5 cm³/mol. The molecule has 2 heterocycles. The van der Waals surface area contributed by atoms with Crippen LogP contribution in [0.2, 0.25) is 5.15 Å². The van der Waals surface area contributed by atoms with Gasteiger partial charge in [0.2, 0.25) is 0 Å². The Balaban J connectivity index is 2.29. The Morgan fingerprint density at radius 3 is 2.95 bits per heavy atom. The second-order valence-corrected chi connectivity index (χ2v) is 5.25. The van der Waals surface area contributed by atoms with Gasteiger partial charge in [-0.05, 0) is 12.5 Å². The zero-order chi connectivity index (χ0) is 14.5. The van der Waals surface area contributed by atoms with E-state index >= 15 is 0 Å². The Morgan fingerprint density at radius 2 is 2.25 bits per heavy atom. The van der Waals surface area contributed by atoms with Gasteiger partial charge < -0.3 is 9.47 Å². The summed E-state index contributed by atoms with van der Waals surface area (Å²) in [5.41, 5.74) is 0.751. The molecule has 106 valence electrons. The molecule has 20 heavy (non-hydrogen) atoms. The van der Waals surface area contributed by atoms with Gasteiger partial charge in [0.05, 0.1) is 19.9 Å². The molecule has 0 aliphatic heterocycles. The molecule has 0 atom stereocenters. The monoisotopic (exact) mass is 312 g/mol. The van der Waals surface area contributed by atoms with Crippen molar-refractivity contribution >= 4 is 28.9 Å². The first-order valence-corrected chi connectivity index (χ1v) is 7.18. The van der Waals surface area contributed by atoms with E-state index in [1.165, 1.54) is 7.11 Å². The molecule has 5 nitrogen and oxygen atoms in total. The third-order valence-corrected chi connectivity index (χ3v) is 3.86. The van der Waals surface area contributed by atoms with E-state index in [4.69, 9.17) is 16.3 Å². The first-order valence-electron chi connectivity index (χ1n) is 5.98. The maximum Gasteiger partial charge on any atom is 0.351 e. The maximum atomic E-state index is 11.5. The molecule has 7 heteroatoms. The molecule has 0 bridgehead atoms. The predicted octanol–water partition coefficient (Wildman–Crippen LogP) is 3.43. The molecular weight excluding hydrogens is 300 g/mol. The first kappa shape index (κ1) is 14.7. The molecular formula is C13H13ClN2O3S. The fourth-order valence-corrected chi connectivity index (χ4v) is 2.66. The minimum Gasteiger partial charge on any atom is -0.492 e. The third-order valence-electron chi connectivity index (χ3n) is 2.39. The molecule has 0 aliphatic carbocycles. The summed E-state index contributed by atoms with van der Waals surface area (Å²) in [6.07, 6.45) is 4.20. The van der Waals surface area contributed by atoms with Crippen LogP contribution in [0.15, 0.2) is 18.5 Å². The smallest absolute Gasteiger partial charge is 0.351 e. The minimum absolute atomic E-state index is 0.136. The summed E-state index contributed by atoms with van der Waals surface area (Å²) in [4.78, 5) is 20.1. The molecule has 0 unspecified atom stereocenters. The maximum absolute atomic E-state index is 11.5. The topological polar surface area (TPSA) is 61.3 Å². The van der Waals surface area contributed by atoms with Gasteiger partial charge in [-0.2, -0.15) is 0 Å². The van der Waals surface area contributed by atoms with Gasteiger partial charge in [0.1, 0.15) is 10.8 Å². The Kier molecular flexibility index (Phi) is 4.92. The number of ether oxygens (including phenoxy) is 2. The summed E-state index contributed by atoms with van der Waals surface area (Å²) in [6.45, 7) is 2.65. The summed E-state index contributed by atoms with van der Waals surface area (Å²) < 4.78 is 10.2. The number of thiazole rings is 1. The SMILES string of the molecule is CCCOc1cncc(-c2nc(Cl)c(C(=O)OC)s2)c1. The Bertz CT molecular complexity index is 615. The van der Waals surface area contributed by atoms with Crippen molar-refractivity contribution in [2.45, 2.75) is 13.3 Å². The van der Waals surface area contributed by atoms with Gasteiger partial charge in [-0.15, -0.1) is 11.3 Å². The number of aromatic nitrogens is 2. The molecule has 0 radical (unpaired) electrons. The van der Waals surface area contributed by atoms with Crippen LogP contribution in [0.5, 0.6) is 5.75 Å². The van der Waals surface area contributed by atoms with Crippen LogP contribution in [-0.4, -0.2) is 29.7 Å². The van der Waals surface area contributed by atoms with Crippen LogP contribution in [0.4, 0.5) is 0 Å². The van der Waals surface area contributed by atoms with E-state index in [0.717, 1.165) is 23.3 Å². The number of carbonyl (C=O) groups is 1. The largest absolute Gasteiger partial charge is 0.492 e. The van der Waals surface area contributed by atoms with Crippen LogP contribution >= 0.6 is 22.9 Å². The van der Waals surface area contributed by atoms with E-state index in [2.05, 4.69) is 14.7 Å². The highest BCUT2D eigenvalue weighted by Gasteiger charge is 2.18. The lowest BCUT2D eigenvalue weighted by atomic mass is 10.3. The average molecular weight is 313 g/mol. The number of methoxy groups -OCH3 is 1. The Hall–Kier alpha value is -1.66. The minimum atomic E-state index is -0.495. The number of esters is 1. The molecule has 0 N–H and O–H groups in total. The number of halogens is 1. The number of hydrogen-bond acceptors (Lipinski definition) is 6. The van der Waals surface area contributed by atoms with Crippen LogP contribution in [0.25, 0.3) is 10.6 Å². The fraction of sp³-hybridized carbons (Fsp3) is 0.308. The molecule has 0 saturated heterocycles. The average Bonchev–Trinajstić information content (AvgIpc) is 2.86. The lowest BCUT2D eigenvalue weighted by Gasteiger charge is -2.04. The number of rotatable bonds is 5. The van der Waals surface area contributed by atoms with Crippen LogP contribution < -0.4 is 4.74 Å². The van der Waals surface area contributed by atoms with Crippen molar-refractivity contribution in [2.24, 2.45) is 0 Å². The molecule has 2 rings (SSSR count). The standard InChI is InChI=1S/C13H13ClN2O3S/c1-3-4-19-9-5-8(6-15-7-9)12-16-11(14)10(20-12)13(17)18-2/h5-7H,3-4H2,1-2H3. The second kappa shape index (κ2) is 6.67.